The molecule has 4 rings (SSSR count). The first kappa shape index (κ1) is 22.8. The number of furan rings is 1. The largest absolute Gasteiger partial charge is 0.461 e. The summed E-state index contributed by atoms with van der Waals surface area (Å²) in [6, 6.07) is 16.0. The molecule has 0 spiro atoms. The van der Waals surface area contributed by atoms with E-state index < -0.39 is 0 Å². The van der Waals surface area contributed by atoms with Gasteiger partial charge in [-0.15, -0.1) is 10.2 Å². The molecule has 0 saturated heterocycles. The van der Waals surface area contributed by atoms with E-state index in [0.717, 1.165) is 17.5 Å². The topological polar surface area (TPSA) is 77.1 Å². The van der Waals surface area contributed by atoms with Gasteiger partial charge in [0, 0.05) is 32.0 Å². The lowest BCUT2D eigenvalue weighted by molar-refractivity contribution is -0.129. The molecule has 0 aliphatic carbocycles. The average molecular weight is 462 g/mol. The predicted molar refractivity (Wildman–Crippen MR) is 128 cm³/mol. The molecule has 4 aromatic rings. The van der Waals surface area contributed by atoms with Crippen LogP contribution in [0.15, 0.2) is 76.8 Å². The van der Waals surface area contributed by atoms with Crippen LogP contribution in [0.2, 0.25) is 0 Å². The zero-order valence-corrected chi connectivity index (χ0v) is 19.7. The number of rotatable bonds is 10. The van der Waals surface area contributed by atoms with Gasteiger partial charge in [0.05, 0.1) is 12.0 Å². The second kappa shape index (κ2) is 11.0. The number of aryl methyl sites for hydroxylation is 1. The van der Waals surface area contributed by atoms with Gasteiger partial charge in [0.1, 0.15) is 0 Å². The third-order valence-corrected chi connectivity index (χ3v) is 6.30. The fourth-order valence-corrected chi connectivity index (χ4v) is 4.44. The quantitative estimate of drug-likeness (QED) is 0.315. The van der Waals surface area contributed by atoms with Gasteiger partial charge in [0.2, 0.25) is 5.91 Å². The van der Waals surface area contributed by atoms with Gasteiger partial charge < -0.3 is 9.32 Å². The Balaban J connectivity index is 1.48. The van der Waals surface area contributed by atoms with Gasteiger partial charge in [-0.1, -0.05) is 49.0 Å². The smallest absolute Gasteiger partial charge is 0.233 e. The molecule has 3 heterocycles. The highest BCUT2D eigenvalue weighted by Crippen LogP contribution is 2.25. The molecule has 1 aromatic carbocycles. The van der Waals surface area contributed by atoms with Crippen LogP contribution >= 0.6 is 11.8 Å². The molecule has 0 bridgehead atoms. The molecule has 3 aromatic heterocycles. The molecule has 170 valence electrons. The van der Waals surface area contributed by atoms with Crippen molar-refractivity contribution in [2.45, 2.75) is 45.1 Å². The van der Waals surface area contributed by atoms with E-state index in [-0.39, 0.29) is 11.7 Å². The molecule has 0 unspecified atom stereocenters. The van der Waals surface area contributed by atoms with Crippen LogP contribution in [0.25, 0.3) is 11.6 Å². The summed E-state index contributed by atoms with van der Waals surface area (Å²) < 4.78 is 7.44. The van der Waals surface area contributed by atoms with Crippen LogP contribution in [0.5, 0.6) is 0 Å². The minimum atomic E-state index is 0.0358. The Morgan fingerprint density at radius 3 is 2.45 bits per heavy atom. The number of carbonyl (C=O) groups excluding carboxylic acids is 1. The highest BCUT2D eigenvalue weighted by Gasteiger charge is 2.19. The Labute approximate surface area is 197 Å². The molecule has 8 heteroatoms. The first-order chi connectivity index (χ1) is 16.2. The van der Waals surface area contributed by atoms with Crippen LogP contribution in [0, 0.1) is 0 Å². The van der Waals surface area contributed by atoms with E-state index in [2.05, 4.69) is 46.4 Å². The van der Waals surface area contributed by atoms with E-state index in [9.17, 15) is 4.79 Å². The summed E-state index contributed by atoms with van der Waals surface area (Å²) in [7, 11) is 0. The van der Waals surface area contributed by atoms with E-state index in [0.29, 0.717) is 36.4 Å². The monoisotopic (exact) mass is 461 g/mol. The maximum atomic E-state index is 13.3. The number of nitrogens with zero attached hydrogens (tertiary/aromatic N) is 5. The number of hydrogen-bond donors (Lipinski definition) is 0. The third-order valence-electron chi connectivity index (χ3n) is 5.35. The Hall–Kier alpha value is -3.39. The summed E-state index contributed by atoms with van der Waals surface area (Å²) in [6.45, 7) is 5.88. The van der Waals surface area contributed by atoms with Crippen LogP contribution in [0.3, 0.4) is 0 Å². The van der Waals surface area contributed by atoms with Gasteiger partial charge in [-0.3, -0.25) is 14.3 Å². The summed E-state index contributed by atoms with van der Waals surface area (Å²) in [5.41, 5.74) is 3.38. The van der Waals surface area contributed by atoms with E-state index in [1.54, 1.807) is 18.7 Å². The van der Waals surface area contributed by atoms with Crippen LogP contribution in [-0.4, -0.2) is 36.3 Å². The molecule has 0 radical (unpaired) electrons. The average Bonchev–Trinajstić information content (AvgIpc) is 3.53. The summed E-state index contributed by atoms with van der Waals surface area (Å²) >= 11 is 1.39. The normalized spacial score (nSPS) is 11.0. The maximum Gasteiger partial charge on any atom is 0.233 e. The van der Waals surface area contributed by atoms with E-state index in [4.69, 9.17) is 4.42 Å². The van der Waals surface area contributed by atoms with Gasteiger partial charge in [0.15, 0.2) is 16.7 Å². The van der Waals surface area contributed by atoms with Crippen LogP contribution in [0.1, 0.15) is 30.5 Å². The Bertz CT molecular complexity index is 1160. The molecule has 0 aliphatic heterocycles. The van der Waals surface area contributed by atoms with E-state index >= 15 is 0 Å². The molecule has 0 fully saturated rings. The first-order valence-electron chi connectivity index (χ1n) is 11.0. The molecule has 33 heavy (non-hydrogen) atoms. The zero-order valence-electron chi connectivity index (χ0n) is 18.8. The van der Waals surface area contributed by atoms with Gasteiger partial charge in [0.25, 0.3) is 0 Å². The highest BCUT2D eigenvalue weighted by molar-refractivity contribution is 7.99. The van der Waals surface area contributed by atoms with Crippen LogP contribution in [-0.2, 0) is 30.8 Å². The van der Waals surface area contributed by atoms with E-state index in [1.807, 2.05) is 40.7 Å². The minimum Gasteiger partial charge on any atom is -0.461 e. The predicted octanol–water partition coefficient (Wildman–Crippen LogP) is 4.84. The van der Waals surface area contributed by atoms with E-state index in [1.165, 1.54) is 17.3 Å². The number of thioether (sulfide) groups is 1. The van der Waals surface area contributed by atoms with Crippen molar-refractivity contribution in [2.24, 2.45) is 0 Å². The Kier molecular flexibility index (Phi) is 7.57. The van der Waals surface area contributed by atoms with Crippen molar-refractivity contribution < 1.29 is 9.21 Å². The lowest BCUT2D eigenvalue weighted by Gasteiger charge is -2.23. The van der Waals surface area contributed by atoms with Crippen molar-refractivity contribution in [1.29, 1.82) is 0 Å². The van der Waals surface area contributed by atoms with Crippen molar-refractivity contribution in [2.75, 3.05) is 5.75 Å². The number of aromatic nitrogens is 4. The lowest BCUT2D eigenvalue weighted by Crippen LogP contribution is -2.31. The summed E-state index contributed by atoms with van der Waals surface area (Å²) in [6.07, 6.45) is 6.15. The number of amides is 1. The SMILES string of the molecule is CCc1ccc(CN(Cc2cccnc2)C(=O)CSc2nnc(-c3ccco3)n2CC)cc1. The standard InChI is InChI=1S/C25H27N5O2S/c1-3-19-9-11-20(12-10-19)16-29(17-21-7-5-13-26-15-21)23(31)18-33-25-28-27-24(30(25)4-2)22-8-6-14-32-22/h5-15H,3-4,16-18H2,1-2H3. The fourth-order valence-electron chi connectivity index (χ4n) is 3.53. The number of hydrogen-bond acceptors (Lipinski definition) is 6. The molecular formula is C25H27N5O2S. The molecule has 0 atom stereocenters. The molecule has 1 amide bonds. The second-order valence-electron chi connectivity index (χ2n) is 7.60. The van der Waals surface area contributed by atoms with Gasteiger partial charge in [-0.05, 0) is 48.2 Å². The van der Waals surface area contributed by atoms with Crippen LogP contribution in [0.4, 0.5) is 0 Å². The Morgan fingerprint density at radius 2 is 1.79 bits per heavy atom. The van der Waals surface area contributed by atoms with Crippen molar-refractivity contribution in [3.05, 3.63) is 83.9 Å². The maximum absolute atomic E-state index is 13.3. The summed E-state index contributed by atoms with van der Waals surface area (Å²) in [5.74, 6) is 1.63. The third kappa shape index (κ3) is 5.70. The number of carbonyl (C=O) groups is 1. The molecule has 0 aliphatic rings. The minimum absolute atomic E-state index is 0.0358. The van der Waals surface area contributed by atoms with Gasteiger partial charge in [-0.25, -0.2) is 0 Å². The summed E-state index contributed by atoms with van der Waals surface area (Å²) in [5, 5.41) is 9.27. The lowest BCUT2D eigenvalue weighted by atomic mass is 10.1. The second-order valence-corrected chi connectivity index (χ2v) is 8.54. The van der Waals surface area contributed by atoms with Crippen molar-refractivity contribution >= 4 is 17.7 Å². The van der Waals surface area contributed by atoms with Crippen LogP contribution < -0.4 is 0 Å². The molecular weight excluding hydrogens is 434 g/mol. The Morgan fingerprint density at radius 1 is 1.00 bits per heavy atom. The number of benzene rings is 1. The molecule has 7 nitrogen and oxygen atoms in total. The van der Waals surface area contributed by atoms with Gasteiger partial charge in [-0.2, -0.15) is 0 Å². The van der Waals surface area contributed by atoms with Crippen molar-refractivity contribution in [3.8, 4) is 11.6 Å². The van der Waals surface area contributed by atoms with Crippen molar-refractivity contribution in [1.82, 2.24) is 24.6 Å². The summed E-state index contributed by atoms with van der Waals surface area (Å²) in [4.78, 5) is 19.4. The number of pyridine rings is 1. The zero-order chi connectivity index (χ0) is 23.0. The molecule has 0 saturated carbocycles. The fraction of sp³-hybridized carbons (Fsp3) is 0.280. The van der Waals surface area contributed by atoms with Gasteiger partial charge >= 0.3 is 0 Å². The first-order valence-corrected chi connectivity index (χ1v) is 12.0. The molecule has 0 N–H and O–H groups in total. The van der Waals surface area contributed by atoms with Crippen molar-refractivity contribution in [3.63, 3.8) is 0 Å². The highest BCUT2D eigenvalue weighted by atomic mass is 32.2.